The van der Waals surface area contributed by atoms with Crippen molar-refractivity contribution in [2.75, 3.05) is 13.1 Å². The summed E-state index contributed by atoms with van der Waals surface area (Å²) >= 11 is 0. The lowest BCUT2D eigenvalue weighted by atomic mass is 10.1. The van der Waals surface area contributed by atoms with E-state index in [9.17, 15) is 4.79 Å². The third kappa shape index (κ3) is 8.54. The molecule has 1 rings (SSSR count). The first kappa shape index (κ1) is 17.5. The monoisotopic (exact) mass is 368 g/mol. The molecule has 1 fully saturated rings. The molecule has 0 aliphatic heterocycles. The standard InChI is InChI=1S/C12H24N4O.HI/c1-5-13-11(16-12(2,3)4)14-8-10(17)15-9-6-7-9;/h9H,5-8H2,1-4H3,(H,15,17)(H2,13,14,16);1H. The van der Waals surface area contributed by atoms with Crippen LogP contribution in [-0.4, -0.2) is 36.5 Å². The van der Waals surface area contributed by atoms with Crippen molar-refractivity contribution in [3.05, 3.63) is 0 Å². The smallest absolute Gasteiger partial charge is 0.242 e. The summed E-state index contributed by atoms with van der Waals surface area (Å²) in [6, 6.07) is 0.399. The fourth-order valence-corrected chi connectivity index (χ4v) is 1.31. The highest BCUT2D eigenvalue weighted by molar-refractivity contribution is 14.0. The number of guanidine groups is 1. The number of carbonyl (C=O) groups is 1. The first-order chi connectivity index (χ1) is 7.90. The van der Waals surface area contributed by atoms with E-state index >= 15 is 0 Å². The third-order valence-electron chi connectivity index (χ3n) is 2.16. The zero-order valence-corrected chi connectivity index (χ0v) is 14.0. The Morgan fingerprint density at radius 3 is 2.39 bits per heavy atom. The van der Waals surface area contributed by atoms with Crippen LogP contribution >= 0.6 is 24.0 Å². The third-order valence-corrected chi connectivity index (χ3v) is 2.16. The van der Waals surface area contributed by atoms with Gasteiger partial charge in [-0.15, -0.1) is 24.0 Å². The Bertz CT molecular complexity index is 295. The van der Waals surface area contributed by atoms with Crippen LogP contribution in [0.25, 0.3) is 0 Å². The molecule has 1 amide bonds. The Morgan fingerprint density at radius 1 is 1.33 bits per heavy atom. The number of hydrogen-bond acceptors (Lipinski definition) is 2. The zero-order chi connectivity index (χ0) is 12.9. The molecule has 3 N–H and O–H groups in total. The summed E-state index contributed by atoms with van der Waals surface area (Å²) in [6.45, 7) is 9.15. The summed E-state index contributed by atoms with van der Waals surface area (Å²) in [5.74, 6) is 0.685. The molecule has 0 aromatic carbocycles. The largest absolute Gasteiger partial charge is 0.357 e. The van der Waals surface area contributed by atoms with Crippen LogP contribution in [0.1, 0.15) is 40.5 Å². The van der Waals surface area contributed by atoms with Gasteiger partial charge in [-0.3, -0.25) is 4.79 Å². The number of carbonyl (C=O) groups excluding carboxylic acids is 1. The van der Waals surface area contributed by atoms with Crippen LogP contribution in [0.2, 0.25) is 0 Å². The molecule has 0 saturated heterocycles. The fourth-order valence-electron chi connectivity index (χ4n) is 1.31. The maximum absolute atomic E-state index is 11.5. The molecule has 0 radical (unpaired) electrons. The molecule has 0 spiro atoms. The highest BCUT2D eigenvalue weighted by Gasteiger charge is 2.23. The number of nitrogens with one attached hydrogen (secondary N) is 3. The molecular formula is C12H25IN4O. The summed E-state index contributed by atoms with van der Waals surface area (Å²) in [5.41, 5.74) is -0.0615. The van der Waals surface area contributed by atoms with Crippen molar-refractivity contribution < 1.29 is 4.79 Å². The second kappa shape index (κ2) is 7.81. The van der Waals surface area contributed by atoms with Gasteiger partial charge in [0.2, 0.25) is 5.91 Å². The normalized spacial score (nSPS) is 15.7. The molecule has 0 unspecified atom stereocenters. The second-order valence-corrected chi connectivity index (χ2v) is 5.41. The predicted molar refractivity (Wildman–Crippen MR) is 85.4 cm³/mol. The van der Waals surface area contributed by atoms with Gasteiger partial charge in [0.15, 0.2) is 5.96 Å². The van der Waals surface area contributed by atoms with E-state index in [2.05, 4.69) is 41.7 Å². The fraction of sp³-hybridized carbons (Fsp3) is 0.833. The van der Waals surface area contributed by atoms with E-state index in [1.807, 2.05) is 6.92 Å². The molecule has 0 heterocycles. The van der Waals surface area contributed by atoms with Crippen LogP contribution in [0.5, 0.6) is 0 Å². The number of hydrogen-bond donors (Lipinski definition) is 3. The van der Waals surface area contributed by atoms with Gasteiger partial charge in [0.1, 0.15) is 6.54 Å². The minimum atomic E-state index is -0.0615. The minimum absolute atomic E-state index is 0. The van der Waals surface area contributed by atoms with E-state index in [4.69, 9.17) is 0 Å². The van der Waals surface area contributed by atoms with Crippen molar-refractivity contribution in [1.29, 1.82) is 0 Å². The lowest BCUT2D eigenvalue weighted by Crippen LogP contribution is -2.48. The van der Waals surface area contributed by atoms with Gasteiger partial charge in [0, 0.05) is 18.1 Å². The molecule has 0 aromatic heterocycles. The summed E-state index contributed by atoms with van der Waals surface area (Å²) in [6.07, 6.45) is 2.21. The topological polar surface area (TPSA) is 65.5 Å². The van der Waals surface area contributed by atoms with Crippen LogP contribution in [0, 0.1) is 0 Å². The quantitative estimate of drug-likeness (QED) is 0.397. The predicted octanol–water partition coefficient (Wildman–Crippen LogP) is 1.24. The molecule has 1 aliphatic rings. The Kier molecular flexibility index (Phi) is 7.58. The van der Waals surface area contributed by atoms with Crippen LogP contribution < -0.4 is 16.0 Å². The average molecular weight is 368 g/mol. The van der Waals surface area contributed by atoms with Crippen LogP contribution in [-0.2, 0) is 4.79 Å². The average Bonchev–Trinajstić information content (AvgIpc) is 2.96. The number of halogens is 1. The SMILES string of the molecule is CCNC(=NCC(=O)NC1CC1)NC(C)(C)C.I. The van der Waals surface area contributed by atoms with Crippen molar-refractivity contribution in [3.63, 3.8) is 0 Å². The Morgan fingerprint density at radius 2 is 1.94 bits per heavy atom. The van der Waals surface area contributed by atoms with Gasteiger partial charge in [0.25, 0.3) is 0 Å². The Labute approximate surface area is 127 Å². The van der Waals surface area contributed by atoms with Crippen LogP contribution in [0.3, 0.4) is 0 Å². The summed E-state index contributed by atoms with van der Waals surface area (Å²) in [4.78, 5) is 15.8. The maximum atomic E-state index is 11.5. The summed E-state index contributed by atoms with van der Waals surface area (Å²) in [5, 5.41) is 9.28. The first-order valence-electron chi connectivity index (χ1n) is 6.26. The van der Waals surface area contributed by atoms with E-state index in [-0.39, 0.29) is 42.0 Å². The molecule has 0 atom stereocenters. The summed E-state index contributed by atoms with van der Waals surface area (Å²) in [7, 11) is 0. The van der Waals surface area contributed by atoms with Gasteiger partial charge in [-0.25, -0.2) is 4.99 Å². The lowest BCUT2D eigenvalue weighted by molar-refractivity contribution is -0.119. The minimum Gasteiger partial charge on any atom is -0.357 e. The van der Waals surface area contributed by atoms with Crippen LogP contribution in [0.4, 0.5) is 0 Å². The maximum Gasteiger partial charge on any atom is 0.242 e. The van der Waals surface area contributed by atoms with Gasteiger partial charge in [-0.05, 0) is 40.5 Å². The Hall–Kier alpha value is -0.530. The molecule has 0 aromatic rings. The second-order valence-electron chi connectivity index (χ2n) is 5.41. The van der Waals surface area contributed by atoms with E-state index in [0.717, 1.165) is 19.4 Å². The van der Waals surface area contributed by atoms with E-state index in [1.54, 1.807) is 0 Å². The summed E-state index contributed by atoms with van der Waals surface area (Å²) < 4.78 is 0. The molecule has 6 heteroatoms. The highest BCUT2D eigenvalue weighted by Crippen LogP contribution is 2.18. The lowest BCUT2D eigenvalue weighted by Gasteiger charge is -2.23. The van der Waals surface area contributed by atoms with Gasteiger partial charge < -0.3 is 16.0 Å². The van der Waals surface area contributed by atoms with Crippen molar-refractivity contribution in [3.8, 4) is 0 Å². The molecule has 5 nitrogen and oxygen atoms in total. The molecule has 0 bridgehead atoms. The van der Waals surface area contributed by atoms with E-state index < -0.39 is 0 Å². The highest BCUT2D eigenvalue weighted by atomic mass is 127. The number of rotatable bonds is 4. The molecule has 1 saturated carbocycles. The van der Waals surface area contributed by atoms with E-state index in [0.29, 0.717) is 12.0 Å². The zero-order valence-electron chi connectivity index (χ0n) is 11.7. The number of nitrogens with zero attached hydrogens (tertiary/aromatic N) is 1. The molecular weight excluding hydrogens is 343 g/mol. The number of aliphatic imine (C=N–C) groups is 1. The van der Waals surface area contributed by atoms with E-state index in [1.165, 1.54) is 0 Å². The van der Waals surface area contributed by atoms with Crippen molar-refractivity contribution in [2.45, 2.75) is 52.1 Å². The van der Waals surface area contributed by atoms with Gasteiger partial charge >= 0.3 is 0 Å². The van der Waals surface area contributed by atoms with Crippen LogP contribution in [0.15, 0.2) is 4.99 Å². The molecule has 18 heavy (non-hydrogen) atoms. The molecule has 106 valence electrons. The van der Waals surface area contributed by atoms with Crippen molar-refractivity contribution in [1.82, 2.24) is 16.0 Å². The number of amides is 1. The van der Waals surface area contributed by atoms with Gasteiger partial charge in [-0.2, -0.15) is 0 Å². The van der Waals surface area contributed by atoms with Gasteiger partial charge in [0.05, 0.1) is 0 Å². The molecule has 1 aliphatic carbocycles. The Balaban J connectivity index is 0.00000289. The first-order valence-corrected chi connectivity index (χ1v) is 6.26. The van der Waals surface area contributed by atoms with Gasteiger partial charge in [-0.1, -0.05) is 0 Å². The van der Waals surface area contributed by atoms with Crippen molar-refractivity contribution >= 4 is 35.8 Å². The van der Waals surface area contributed by atoms with Crippen molar-refractivity contribution in [2.24, 2.45) is 4.99 Å².